The molecule has 0 aliphatic carbocycles. The molecule has 0 saturated carbocycles. The molecule has 8 heteroatoms. The van der Waals surface area contributed by atoms with E-state index < -0.39 is 12.8 Å². The van der Waals surface area contributed by atoms with Gasteiger partial charge in [0.1, 0.15) is 12.4 Å². The standard InChI is InChI=1S/C13H15F3INO3/c14-13(15,16)9-20-7-1-6-18-12(19)8-21-11-4-2-10(17)3-5-11/h2-5H,1,6-9H2,(H,18,19). The zero-order valence-corrected chi connectivity index (χ0v) is 13.2. The SMILES string of the molecule is O=C(COc1ccc(I)cc1)NCCCOCC(F)(F)F. The summed E-state index contributed by atoms with van der Waals surface area (Å²) >= 11 is 2.16. The maximum absolute atomic E-state index is 11.8. The molecule has 0 heterocycles. The molecule has 0 saturated heterocycles. The van der Waals surface area contributed by atoms with Crippen LogP contribution < -0.4 is 10.1 Å². The predicted molar refractivity (Wildman–Crippen MR) is 79.2 cm³/mol. The molecule has 118 valence electrons. The second-order valence-corrected chi connectivity index (χ2v) is 5.36. The molecule has 0 fully saturated rings. The highest BCUT2D eigenvalue weighted by Crippen LogP contribution is 2.14. The number of nitrogens with one attached hydrogen (secondary N) is 1. The third kappa shape index (κ3) is 9.51. The van der Waals surface area contributed by atoms with Crippen molar-refractivity contribution in [3.8, 4) is 5.75 Å². The Morgan fingerprint density at radius 3 is 2.52 bits per heavy atom. The third-order valence-corrected chi connectivity index (χ3v) is 2.96. The van der Waals surface area contributed by atoms with Crippen LogP contribution in [0.5, 0.6) is 5.75 Å². The summed E-state index contributed by atoms with van der Waals surface area (Å²) in [4.78, 5) is 11.4. The minimum atomic E-state index is -4.31. The maximum Gasteiger partial charge on any atom is 0.411 e. The van der Waals surface area contributed by atoms with Gasteiger partial charge in [-0.2, -0.15) is 13.2 Å². The van der Waals surface area contributed by atoms with Crippen LogP contribution in [0.15, 0.2) is 24.3 Å². The summed E-state index contributed by atoms with van der Waals surface area (Å²) in [5.41, 5.74) is 0. The van der Waals surface area contributed by atoms with Crippen LogP contribution in [0.3, 0.4) is 0 Å². The van der Waals surface area contributed by atoms with Crippen molar-refractivity contribution in [2.24, 2.45) is 0 Å². The molecular formula is C13H15F3INO3. The Labute approximate surface area is 134 Å². The first-order valence-electron chi connectivity index (χ1n) is 6.16. The number of rotatable bonds is 8. The molecule has 1 rings (SSSR count). The molecule has 1 aromatic rings. The van der Waals surface area contributed by atoms with E-state index in [1.807, 2.05) is 12.1 Å². The van der Waals surface area contributed by atoms with Crippen molar-refractivity contribution in [2.75, 3.05) is 26.4 Å². The van der Waals surface area contributed by atoms with E-state index in [2.05, 4.69) is 32.6 Å². The molecule has 21 heavy (non-hydrogen) atoms. The minimum Gasteiger partial charge on any atom is -0.484 e. The van der Waals surface area contributed by atoms with E-state index in [1.54, 1.807) is 12.1 Å². The fourth-order valence-electron chi connectivity index (χ4n) is 1.32. The van der Waals surface area contributed by atoms with Gasteiger partial charge in [0.25, 0.3) is 5.91 Å². The normalized spacial score (nSPS) is 11.2. The third-order valence-electron chi connectivity index (χ3n) is 2.24. The summed E-state index contributed by atoms with van der Waals surface area (Å²) in [6.45, 7) is -1.22. The predicted octanol–water partition coefficient (Wildman–Crippen LogP) is 2.76. The van der Waals surface area contributed by atoms with Crippen molar-refractivity contribution in [3.63, 3.8) is 0 Å². The van der Waals surface area contributed by atoms with Crippen LogP contribution in [0.4, 0.5) is 13.2 Å². The second-order valence-electron chi connectivity index (χ2n) is 4.11. The number of hydrogen-bond acceptors (Lipinski definition) is 3. The molecule has 0 radical (unpaired) electrons. The molecule has 4 nitrogen and oxygen atoms in total. The molecule has 0 aliphatic rings. The molecule has 1 aromatic carbocycles. The highest BCUT2D eigenvalue weighted by molar-refractivity contribution is 14.1. The van der Waals surface area contributed by atoms with Crippen LogP contribution in [0.25, 0.3) is 0 Å². The van der Waals surface area contributed by atoms with Crippen molar-refractivity contribution in [3.05, 3.63) is 27.8 Å². The summed E-state index contributed by atoms with van der Waals surface area (Å²) in [7, 11) is 0. The monoisotopic (exact) mass is 417 g/mol. The van der Waals surface area contributed by atoms with Crippen molar-refractivity contribution in [2.45, 2.75) is 12.6 Å². The number of hydrogen-bond donors (Lipinski definition) is 1. The number of benzene rings is 1. The van der Waals surface area contributed by atoms with Crippen LogP contribution in [0, 0.1) is 3.57 Å². The van der Waals surface area contributed by atoms with Gasteiger partial charge in [0.2, 0.25) is 0 Å². The van der Waals surface area contributed by atoms with Crippen molar-refractivity contribution in [1.82, 2.24) is 5.32 Å². The molecular weight excluding hydrogens is 402 g/mol. The Bertz CT molecular complexity index is 437. The number of ether oxygens (including phenoxy) is 2. The molecule has 0 spiro atoms. The summed E-state index contributed by atoms with van der Waals surface area (Å²) in [5.74, 6) is 0.253. The fraction of sp³-hybridized carbons (Fsp3) is 0.462. The van der Waals surface area contributed by atoms with Crippen LogP contribution in [-0.2, 0) is 9.53 Å². The lowest BCUT2D eigenvalue weighted by Gasteiger charge is -2.09. The molecule has 0 aromatic heterocycles. The van der Waals surface area contributed by atoms with Crippen molar-refractivity contribution in [1.29, 1.82) is 0 Å². The van der Waals surface area contributed by atoms with Gasteiger partial charge >= 0.3 is 6.18 Å². The van der Waals surface area contributed by atoms with Gasteiger partial charge in [-0.25, -0.2) is 0 Å². The van der Waals surface area contributed by atoms with Crippen LogP contribution in [0.2, 0.25) is 0 Å². The van der Waals surface area contributed by atoms with Gasteiger partial charge in [0.15, 0.2) is 6.61 Å². The van der Waals surface area contributed by atoms with Crippen molar-refractivity contribution < 1.29 is 27.4 Å². The Kier molecular flexibility index (Phi) is 7.79. The molecule has 1 N–H and O–H groups in total. The summed E-state index contributed by atoms with van der Waals surface area (Å²) in [6.07, 6.45) is -4.00. The lowest BCUT2D eigenvalue weighted by Crippen LogP contribution is -2.30. The Hall–Kier alpha value is -1.03. The highest BCUT2D eigenvalue weighted by Gasteiger charge is 2.27. The van der Waals surface area contributed by atoms with Gasteiger partial charge in [-0.15, -0.1) is 0 Å². The van der Waals surface area contributed by atoms with Crippen LogP contribution >= 0.6 is 22.6 Å². The van der Waals surface area contributed by atoms with E-state index in [-0.39, 0.29) is 25.7 Å². The zero-order chi connectivity index (χ0) is 15.7. The minimum absolute atomic E-state index is 0.0578. The van der Waals surface area contributed by atoms with E-state index in [4.69, 9.17) is 4.74 Å². The van der Waals surface area contributed by atoms with Gasteiger partial charge in [-0.1, -0.05) is 0 Å². The number of carbonyl (C=O) groups is 1. The number of carbonyl (C=O) groups excluding carboxylic acids is 1. The average Bonchev–Trinajstić information content (AvgIpc) is 2.41. The maximum atomic E-state index is 11.8. The molecule has 0 bridgehead atoms. The van der Waals surface area contributed by atoms with Gasteiger partial charge in [-0.05, 0) is 53.3 Å². The first kappa shape index (κ1) is 18.0. The van der Waals surface area contributed by atoms with Gasteiger partial charge in [-0.3, -0.25) is 4.79 Å². The van der Waals surface area contributed by atoms with E-state index in [1.165, 1.54) is 0 Å². The lowest BCUT2D eigenvalue weighted by atomic mass is 10.3. The quantitative estimate of drug-likeness (QED) is 0.523. The molecule has 1 amide bonds. The smallest absolute Gasteiger partial charge is 0.411 e. The average molecular weight is 417 g/mol. The molecule has 0 aliphatic heterocycles. The van der Waals surface area contributed by atoms with E-state index in [0.29, 0.717) is 12.2 Å². The summed E-state index contributed by atoms with van der Waals surface area (Å²) in [6, 6.07) is 7.21. The summed E-state index contributed by atoms with van der Waals surface area (Å²) < 4.78 is 46.0. The van der Waals surface area contributed by atoms with Crippen LogP contribution in [0.1, 0.15) is 6.42 Å². The Balaban J connectivity index is 2.05. The van der Waals surface area contributed by atoms with Gasteiger partial charge in [0.05, 0.1) is 0 Å². The van der Waals surface area contributed by atoms with Gasteiger partial charge in [0, 0.05) is 16.7 Å². The Morgan fingerprint density at radius 1 is 1.24 bits per heavy atom. The largest absolute Gasteiger partial charge is 0.484 e. The molecule has 0 unspecified atom stereocenters. The lowest BCUT2D eigenvalue weighted by molar-refractivity contribution is -0.174. The summed E-state index contributed by atoms with van der Waals surface area (Å²) in [5, 5.41) is 2.54. The first-order chi connectivity index (χ1) is 9.87. The first-order valence-corrected chi connectivity index (χ1v) is 7.24. The number of amides is 1. The number of alkyl halides is 3. The van der Waals surface area contributed by atoms with Gasteiger partial charge < -0.3 is 14.8 Å². The number of halogens is 4. The van der Waals surface area contributed by atoms with E-state index in [0.717, 1.165) is 3.57 Å². The fourth-order valence-corrected chi connectivity index (χ4v) is 1.68. The zero-order valence-electron chi connectivity index (χ0n) is 11.1. The highest BCUT2D eigenvalue weighted by atomic mass is 127. The van der Waals surface area contributed by atoms with E-state index in [9.17, 15) is 18.0 Å². The second kappa shape index (κ2) is 9.08. The van der Waals surface area contributed by atoms with E-state index >= 15 is 0 Å². The topological polar surface area (TPSA) is 47.6 Å². The Morgan fingerprint density at radius 2 is 1.90 bits per heavy atom. The molecule has 0 atom stereocenters. The van der Waals surface area contributed by atoms with Crippen molar-refractivity contribution >= 4 is 28.5 Å². The van der Waals surface area contributed by atoms with Crippen LogP contribution in [-0.4, -0.2) is 38.4 Å².